The monoisotopic (exact) mass is 548 g/mol. The smallest absolute Gasteiger partial charge is 0.262 e. The zero-order chi connectivity index (χ0) is 25.4. The van der Waals surface area contributed by atoms with Crippen LogP contribution in [0.25, 0.3) is 20.8 Å². The topological polar surface area (TPSA) is 69.7 Å². The minimum Gasteiger partial charge on any atom is -0.484 e. The summed E-state index contributed by atoms with van der Waals surface area (Å²) in [6.07, 6.45) is 0.697. The minimum atomic E-state index is -0.242. The number of halogens is 1. The predicted octanol–water partition coefficient (Wildman–Crippen LogP) is 7.32. The van der Waals surface area contributed by atoms with Gasteiger partial charge >= 0.3 is 0 Å². The number of fused-ring (bicyclic) bond motifs is 2. The van der Waals surface area contributed by atoms with Gasteiger partial charge in [0.15, 0.2) is 18.1 Å². The van der Waals surface area contributed by atoms with Crippen LogP contribution in [0.5, 0.6) is 17.2 Å². The van der Waals surface area contributed by atoms with Crippen molar-refractivity contribution in [3.63, 3.8) is 0 Å². The number of para-hydroxylation sites is 1. The fourth-order valence-electron chi connectivity index (χ4n) is 4.13. The van der Waals surface area contributed by atoms with Crippen LogP contribution in [0.1, 0.15) is 16.0 Å². The lowest BCUT2D eigenvalue weighted by Gasteiger charge is -2.08. The second kappa shape index (κ2) is 10.0. The van der Waals surface area contributed by atoms with Crippen LogP contribution >= 0.6 is 34.3 Å². The lowest BCUT2D eigenvalue weighted by atomic mass is 10.1. The van der Waals surface area contributed by atoms with E-state index >= 15 is 0 Å². The van der Waals surface area contributed by atoms with Crippen molar-refractivity contribution in [2.75, 3.05) is 18.7 Å². The highest BCUT2D eigenvalue weighted by Gasteiger charge is 2.22. The number of hydrogen-bond donors (Lipinski definition) is 1. The normalized spacial score (nSPS) is 12.2. The maximum Gasteiger partial charge on any atom is 0.262 e. The summed E-state index contributed by atoms with van der Waals surface area (Å²) in [4.78, 5) is 18.9. The van der Waals surface area contributed by atoms with Crippen LogP contribution in [-0.4, -0.2) is 24.3 Å². The van der Waals surface area contributed by atoms with Gasteiger partial charge in [-0.3, -0.25) is 4.79 Å². The van der Waals surface area contributed by atoms with E-state index in [0.29, 0.717) is 17.2 Å². The van der Waals surface area contributed by atoms with Crippen LogP contribution in [0.3, 0.4) is 0 Å². The van der Waals surface area contributed by atoms with Crippen molar-refractivity contribution in [3.05, 3.63) is 87.8 Å². The summed E-state index contributed by atoms with van der Waals surface area (Å²) in [5, 5.41) is 5.32. The molecule has 0 saturated heterocycles. The third-order valence-corrected chi connectivity index (χ3v) is 8.50. The molecule has 186 valence electrons. The molecule has 3 aromatic carbocycles. The Labute approximate surface area is 226 Å². The second-order valence-corrected chi connectivity index (χ2v) is 11.1. The maximum atomic E-state index is 12.9. The van der Waals surface area contributed by atoms with E-state index in [4.69, 9.17) is 30.8 Å². The Kier molecular flexibility index (Phi) is 6.46. The zero-order valence-corrected chi connectivity index (χ0v) is 22.1. The standard InChI is InChI=1S/C28H21ClN2O4S2/c1-16-24(13-17-6-11-21-22(12-17)35-15-34-21)37-28(26(16)27-30-20-4-2-3-5-23(20)36-27)31-25(32)14-33-19-9-7-18(29)8-10-19/h2-12H,13-15H2,1H3,(H,31,32). The Morgan fingerprint density at radius 2 is 1.86 bits per heavy atom. The third kappa shape index (κ3) is 5.00. The number of nitrogens with zero attached hydrogens (tertiary/aromatic N) is 1. The van der Waals surface area contributed by atoms with Gasteiger partial charge in [-0.05, 0) is 66.6 Å². The number of carbonyl (C=O) groups is 1. The molecule has 0 saturated carbocycles. The van der Waals surface area contributed by atoms with Crippen LogP contribution in [-0.2, 0) is 11.2 Å². The van der Waals surface area contributed by atoms with Crippen LogP contribution in [0.2, 0.25) is 5.02 Å². The number of thiazole rings is 1. The molecule has 0 aliphatic carbocycles. The van der Waals surface area contributed by atoms with Gasteiger partial charge in [0, 0.05) is 21.9 Å². The van der Waals surface area contributed by atoms with Crippen molar-refractivity contribution in [1.29, 1.82) is 0 Å². The molecule has 0 fully saturated rings. The first-order valence-corrected chi connectivity index (χ1v) is 13.6. The number of hydrogen-bond acceptors (Lipinski definition) is 7. The van der Waals surface area contributed by atoms with E-state index in [1.165, 1.54) is 0 Å². The average Bonchev–Trinajstić information content (AvgIpc) is 3.61. The molecule has 0 radical (unpaired) electrons. The molecular weight excluding hydrogens is 528 g/mol. The van der Waals surface area contributed by atoms with E-state index in [1.807, 2.05) is 36.4 Å². The van der Waals surface area contributed by atoms with Crippen LogP contribution in [0.15, 0.2) is 66.7 Å². The van der Waals surface area contributed by atoms with E-state index < -0.39 is 0 Å². The van der Waals surface area contributed by atoms with E-state index in [2.05, 4.69) is 18.3 Å². The second-order valence-electron chi connectivity index (χ2n) is 8.50. The molecule has 0 bridgehead atoms. The lowest BCUT2D eigenvalue weighted by molar-refractivity contribution is -0.118. The van der Waals surface area contributed by atoms with Crippen LogP contribution in [0, 0.1) is 6.92 Å². The summed E-state index contributed by atoms with van der Waals surface area (Å²) >= 11 is 9.12. The average molecular weight is 549 g/mol. The predicted molar refractivity (Wildman–Crippen MR) is 149 cm³/mol. The van der Waals surface area contributed by atoms with Gasteiger partial charge in [0.05, 0.1) is 10.2 Å². The number of thiophene rings is 1. The molecule has 6 rings (SSSR count). The number of ether oxygens (including phenoxy) is 3. The molecular formula is C28H21ClN2O4S2. The van der Waals surface area contributed by atoms with E-state index in [0.717, 1.165) is 53.3 Å². The summed E-state index contributed by atoms with van der Waals surface area (Å²) in [7, 11) is 0. The van der Waals surface area contributed by atoms with Crippen molar-refractivity contribution in [3.8, 4) is 27.8 Å². The van der Waals surface area contributed by atoms with Gasteiger partial charge in [0.2, 0.25) is 6.79 Å². The highest BCUT2D eigenvalue weighted by Crippen LogP contribution is 2.44. The molecule has 9 heteroatoms. The number of amides is 1. The van der Waals surface area contributed by atoms with E-state index in [-0.39, 0.29) is 19.3 Å². The van der Waals surface area contributed by atoms with Crippen molar-refractivity contribution in [2.45, 2.75) is 13.3 Å². The summed E-state index contributed by atoms with van der Waals surface area (Å²) in [6, 6.07) is 21.0. The maximum absolute atomic E-state index is 12.9. The molecule has 0 spiro atoms. The Hall–Kier alpha value is -3.59. The van der Waals surface area contributed by atoms with Crippen LogP contribution in [0.4, 0.5) is 5.00 Å². The number of aromatic nitrogens is 1. The number of nitrogens with one attached hydrogen (secondary N) is 1. The largest absolute Gasteiger partial charge is 0.484 e. The lowest BCUT2D eigenvalue weighted by Crippen LogP contribution is -2.19. The Balaban J connectivity index is 1.30. The molecule has 1 N–H and O–H groups in total. The first kappa shape index (κ1) is 23.8. The van der Waals surface area contributed by atoms with Crippen molar-refractivity contribution < 1.29 is 19.0 Å². The first-order chi connectivity index (χ1) is 18.0. The van der Waals surface area contributed by atoms with Gasteiger partial charge in [-0.25, -0.2) is 4.98 Å². The Morgan fingerprint density at radius 3 is 2.70 bits per heavy atom. The SMILES string of the molecule is Cc1c(Cc2ccc3c(c2)OCO3)sc(NC(=O)COc2ccc(Cl)cc2)c1-c1nc2ccccc2s1. The molecule has 0 unspecified atom stereocenters. The van der Waals surface area contributed by atoms with Gasteiger partial charge in [-0.1, -0.05) is 29.8 Å². The van der Waals surface area contributed by atoms with Crippen LogP contribution < -0.4 is 19.5 Å². The summed E-state index contributed by atoms with van der Waals surface area (Å²) in [5.41, 5.74) is 4.08. The highest BCUT2D eigenvalue weighted by molar-refractivity contribution is 7.22. The van der Waals surface area contributed by atoms with Gasteiger partial charge in [-0.15, -0.1) is 22.7 Å². The molecule has 2 aromatic heterocycles. The molecule has 6 nitrogen and oxygen atoms in total. The number of rotatable bonds is 7. The van der Waals surface area contributed by atoms with E-state index in [1.54, 1.807) is 46.9 Å². The molecule has 3 heterocycles. The molecule has 1 aliphatic heterocycles. The highest BCUT2D eigenvalue weighted by atomic mass is 35.5. The Morgan fingerprint density at radius 1 is 1.05 bits per heavy atom. The minimum absolute atomic E-state index is 0.116. The first-order valence-electron chi connectivity index (χ1n) is 11.6. The molecule has 0 atom stereocenters. The molecule has 5 aromatic rings. The van der Waals surface area contributed by atoms with Crippen molar-refractivity contribution in [2.24, 2.45) is 0 Å². The summed E-state index contributed by atoms with van der Waals surface area (Å²) in [5.74, 6) is 1.85. The number of carbonyl (C=O) groups excluding carboxylic acids is 1. The molecule has 37 heavy (non-hydrogen) atoms. The molecule has 1 amide bonds. The third-order valence-electron chi connectivity index (χ3n) is 5.99. The van der Waals surface area contributed by atoms with Crippen molar-refractivity contribution >= 4 is 55.4 Å². The van der Waals surface area contributed by atoms with Gasteiger partial charge in [-0.2, -0.15) is 0 Å². The van der Waals surface area contributed by atoms with Gasteiger partial charge in [0.25, 0.3) is 5.91 Å². The van der Waals surface area contributed by atoms with Crippen molar-refractivity contribution in [1.82, 2.24) is 4.98 Å². The number of anilines is 1. The molecule has 1 aliphatic rings. The fraction of sp³-hybridized carbons (Fsp3) is 0.143. The van der Waals surface area contributed by atoms with E-state index in [9.17, 15) is 4.79 Å². The summed E-state index contributed by atoms with van der Waals surface area (Å²) in [6.45, 7) is 2.21. The van der Waals surface area contributed by atoms with Gasteiger partial charge < -0.3 is 19.5 Å². The van der Waals surface area contributed by atoms with Gasteiger partial charge in [0.1, 0.15) is 15.8 Å². The zero-order valence-electron chi connectivity index (χ0n) is 19.7. The number of benzene rings is 3. The summed E-state index contributed by atoms with van der Waals surface area (Å²) < 4.78 is 17.8. The fourth-order valence-corrected chi connectivity index (χ4v) is 6.65. The Bertz CT molecular complexity index is 1580. The quantitative estimate of drug-likeness (QED) is 0.231.